The fourth-order valence-corrected chi connectivity index (χ4v) is 3.70. The second-order valence-corrected chi connectivity index (χ2v) is 8.51. The lowest BCUT2D eigenvalue weighted by molar-refractivity contribution is -0.140. The Morgan fingerprint density at radius 3 is 2.38 bits per heavy atom. The van der Waals surface area contributed by atoms with Crippen LogP contribution in [0.15, 0.2) is 92.1 Å². The van der Waals surface area contributed by atoms with Gasteiger partial charge in [-0.05, 0) is 60.9 Å². The van der Waals surface area contributed by atoms with Crippen LogP contribution in [0.25, 0.3) is 0 Å². The molecule has 0 N–H and O–H groups in total. The monoisotopic (exact) mass is 462 g/mol. The zero-order valence-electron chi connectivity index (χ0n) is 20.5. The van der Waals surface area contributed by atoms with Crippen LogP contribution in [0.1, 0.15) is 43.7 Å². The molecule has 0 radical (unpaired) electrons. The van der Waals surface area contributed by atoms with E-state index in [1.165, 1.54) is 11.6 Å². The molecular formula is C30H38O4. The molecule has 0 saturated heterocycles. The largest absolute Gasteiger partial charge is 0.497 e. The summed E-state index contributed by atoms with van der Waals surface area (Å²) in [4.78, 5) is 11.6. The molecule has 0 heterocycles. The first-order valence-electron chi connectivity index (χ1n) is 11.9. The number of hydrogen-bond acceptors (Lipinski definition) is 4. The van der Waals surface area contributed by atoms with E-state index in [2.05, 4.69) is 44.3 Å². The van der Waals surface area contributed by atoms with Crippen molar-refractivity contribution in [2.24, 2.45) is 5.92 Å². The molecule has 2 aromatic carbocycles. The summed E-state index contributed by atoms with van der Waals surface area (Å²) in [6, 6.07) is 18.5. The van der Waals surface area contributed by atoms with Crippen LogP contribution >= 0.6 is 0 Å². The summed E-state index contributed by atoms with van der Waals surface area (Å²) >= 11 is 0. The molecule has 4 nitrogen and oxygen atoms in total. The first kappa shape index (κ1) is 27.1. The minimum absolute atomic E-state index is 0.0589. The third-order valence-electron chi connectivity index (χ3n) is 5.66. The van der Waals surface area contributed by atoms with E-state index in [9.17, 15) is 4.79 Å². The van der Waals surface area contributed by atoms with Crippen molar-refractivity contribution in [2.75, 3.05) is 7.11 Å². The number of rotatable bonds is 16. The molecule has 0 aromatic heterocycles. The Kier molecular flexibility index (Phi) is 12.5. The molecule has 182 valence electrons. The van der Waals surface area contributed by atoms with Crippen LogP contribution in [-0.4, -0.2) is 25.3 Å². The maximum atomic E-state index is 11.6. The molecule has 0 aliphatic rings. The summed E-state index contributed by atoms with van der Waals surface area (Å²) in [7, 11) is 1.66. The Balaban J connectivity index is 1.97. The van der Waals surface area contributed by atoms with Gasteiger partial charge in [0, 0.05) is 12.5 Å². The lowest BCUT2D eigenvalue weighted by atomic mass is 9.94. The van der Waals surface area contributed by atoms with Gasteiger partial charge in [0.2, 0.25) is 0 Å². The van der Waals surface area contributed by atoms with Crippen LogP contribution in [0.2, 0.25) is 0 Å². The number of esters is 1. The van der Waals surface area contributed by atoms with E-state index >= 15 is 0 Å². The molecule has 34 heavy (non-hydrogen) atoms. The second-order valence-electron chi connectivity index (χ2n) is 8.51. The van der Waals surface area contributed by atoms with Gasteiger partial charge in [0.15, 0.2) is 0 Å². The van der Waals surface area contributed by atoms with Crippen molar-refractivity contribution in [1.29, 1.82) is 0 Å². The fourth-order valence-electron chi connectivity index (χ4n) is 3.70. The van der Waals surface area contributed by atoms with Gasteiger partial charge in [0.1, 0.15) is 11.9 Å². The predicted octanol–water partition coefficient (Wildman–Crippen LogP) is 6.86. The van der Waals surface area contributed by atoms with Crippen LogP contribution in [0.4, 0.5) is 0 Å². The van der Waals surface area contributed by atoms with Crippen LogP contribution in [-0.2, 0) is 27.3 Å². The van der Waals surface area contributed by atoms with Crippen molar-refractivity contribution in [2.45, 2.75) is 57.8 Å². The summed E-state index contributed by atoms with van der Waals surface area (Å²) in [5.41, 5.74) is 2.47. The SMILES string of the molecule is C=CC[C@H](/C=C/C[C@@H](C[C@@H](C)CCc1ccccc1)OCc1ccc(OC)cc1)OC(=O)C=C. The van der Waals surface area contributed by atoms with Crippen molar-refractivity contribution in [3.05, 3.63) is 103 Å². The van der Waals surface area contributed by atoms with E-state index in [1.54, 1.807) is 13.2 Å². The number of carbonyl (C=O) groups is 1. The maximum Gasteiger partial charge on any atom is 0.330 e. The smallest absolute Gasteiger partial charge is 0.330 e. The van der Waals surface area contributed by atoms with E-state index in [-0.39, 0.29) is 12.2 Å². The summed E-state index contributed by atoms with van der Waals surface area (Å²) < 4.78 is 16.9. The number of carbonyl (C=O) groups excluding carboxylic acids is 1. The molecule has 0 aliphatic heterocycles. The van der Waals surface area contributed by atoms with E-state index in [0.717, 1.165) is 37.0 Å². The molecule has 0 spiro atoms. The predicted molar refractivity (Wildman–Crippen MR) is 139 cm³/mol. The minimum Gasteiger partial charge on any atom is -0.497 e. The van der Waals surface area contributed by atoms with Gasteiger partial charge in [0.25, 0.3) is 0 Å². The van der Waals surface area contributed by atoms with Crippen LogP contribution < -0.4 is 4.74 Å². The van der Waals surface area contributed by atoms with Gasteiger partial charge in [-0.3, -0.25) is 0 Å². The number of ether oxygens (including phenoxy) is 3. The highest BCUT2D eigenvalue weighted by atomic mass is 16.5. The number of methoxy groups -OCH3 is 1. The lowest BCUT2D eigenvalue weighted by Gasteiger charge is -2.21. The van der Waals surface area contributed by atoms with Gasteiger partial charge in [-0.25, -0.2) is 4.79 Å². The highest BCUT2D eigenvalue weighted by molar-refractivity contribution is 5.81. The van der Waals surface area contributed by atoms with Gasteiger partial charge in [-0.1, -0.05) is 68.1 Å². The average Bonchev–Trinajstić information content (AvgIpc) is 2.86. The normalized spacial score (nSPS) is 13.7. The van der Waals surface area contributed by atoms with Crippen molar-refractivity contribution in [3.63, 3.8) is 0 Å². The summed E-state index contributed by atoms with van der Waals surface area (Å²) in [6.07, 6.45) is 11.0. The first-order valence-corrected chi connectivity index (χ1v) is 11.9. The van der Waals surface area contributed by atoms with Gasteiger partial charge >= 0.3 is 5.97 Å². The molecule has 3 atom stereocenters. The summed E-state index contributed by atoms with van der Waals surface area (Å²) in [5, 5.41) is 0. The second kappa shape index (κ2) is 15.7. The van der Waals surface area contributed by atoms with Crippen LogP contribution in [0.3, 0.4) is 0 Å². The molecule has 2 aromatic rings. The molecule has 0 fully saturated rings. The minimum atomic E-state index is -0.432. The van der Waals surface area contributed by atoms with Gasteiger partial charge in [-0.2, -0.15) is 0 Å². The highest BCUT2D eigenvalue weighted by Gasteiger charge is 2.15. The Bertz CT molecular complexity index is 886. The third kappa shape index (κ3) is 10.7. The molecule has 0 unspecified atom stereocenters. The van der Waals surface area contributed by atoms with Crippen LogP contribution in [0.5, 0.6) is 5.75 Å². The fraction of sp³-hybridized carbons (Fsp3) is 0.367. The molecule has 0 saturated carbocycles. The molecule has 4 heteroatoms. The zero-order chi connectivity index (χ0) is 24.6. The Morgan fingerprint density at radius 1 is 1.00 bits per heavy atom. The maximum absolute atomic E-state index is 11.6. The first-order chi connectivity index (χ1) is 16.5. The van der Waals surface area contributed by atoms with Gasteiger partial charge < -0.3 is 14.2 Å². The van der Waals surface area contributed by atoms with E-state index in [4.69, 9.17) is 14.2 Å². The molecule has 0 amide bonds. The molecule has 0 aliphatic carbocycles. The highest BCUT2D eigenvalue weighted by Crippen LogP contribution is 2.21. The van der Waals surface area contributed by atoms with Crippen molar-refractivity contribution in [3.8, 4) is 5.75 Å². The van der Waals surface area contributed by atoms with Crippen molar-refractivity contribution >= 4 is 5.97 Å². The van der Waals surface area contributed by atoms with Gasteiger partial charge in [0.05, 0.1) is 19.8 Å². The lowest BCUT2D eigenvalue weighted by Crippen LogP contribution is -2.17. The third-order valence-corrected chi connectivity index (χ3v) is 5.66. The Morgan fingerprint density at radius 2 is 1.74 bits per heavy atom. The topological polar surface area (TPSA) is 44.8 Å². The van der Waals surface area contributed by atoms with Crippen molar-refractivity contribution < 1.29 is 19.0 Å². The summed E-state index contributed by atoms with van der Waals surface area (Å²) in [6.45, 7) is 10.0. The number of aryl methyl sites for hydroxylation is 1. The molecule has 0 bridgehead atoms. The van der Waals surface area contributed by atoms with Crippen LogP contribution in [0, 0.1) is 5.92 Å². The number of hydrogen-bond donors (Lipinski definition) is 0. The Hall–Kier alpha value is -3.11. The molecular weight excluding hydrogens is 424 g/mol. The number of benzene rings is 2. The quantitative estimate of drug-likeness (QED) is 0.155. The van der Waals surface area contributed by atoms with E-state index < -0.39 is 5.97 Å². The average molecular weight is 463 g/mol. The standard InChI is InChI=1S/C30H38O4/c1-5-11-28(34-30(31)6-2)14-10-15-29(33-23-26-18-20-27(32-4)21-19-26)22-24(3)16-17-25-12-8-7-9-13-25/h5-10,12-14,18-21,24,28-29H,1-2,11,15-17,22-23H2,3-4H3/b14-10+/t24-,28+,29-/m0/s1. The molecule has 2 rings (SSSR count). The van der Waals surface area contributed by atoms with Gasteiger partial charge in [-0.15, -0.1) is 6.58 Å². The van der Waals surface area contributed by atoms with Crippen molar-refractivity contribution in [1.82, 2.24) is 0 Å². The van der Waals surface area contributed by atoms with E-state index in [0.29, 0.717) is 18.9 Å². The Labute approximate surface area is 204 Å². The summed E-state index contributed by atoms with van der Waals surface area (Å²) in [5.74, 6) is 0.912. The van der Waals surface area contributed by atoms with E-state index in [1.807, 2.05) is 42.5 Å². The zero-order valence-corrected chi connectivity index (χ0v) is 20.5.